The third-order valence-electron chi connectivity index (χ3n) is 7.85. The van der Waals surface area contributed by atoms with Crippen molar-refractivity contribution in [2.75, 3.05) is 7.05 Å². The number of nitrogens with two attached hydrogens (primary N) is 1. The predicted octanol–water partition coefficient (Wildman–Crippen LogP) is 8.90. The van der Waals surface area contributed by atoms with Crippen LogP contribution in [0.25, 0.3) is 49.7 Å². The highest BCUT2D eigenvalue weighted by molar-refractivity contribution is 6.20. The number of amidine groups is 2. The summed E-state index contributed by atoms with van der Waals surface area (Å²) in [7, 11) is 1.76. The average molecular weight is 555 g/mol. The SMILES string of the molecule is CN=C(N=C(N)c1cccc2c3ccccc3n(-c3ccccc3)c12)c1cccc(-c2cccc(-c3ccccc3)c2)c1. The molecular weight excluding hydrogens is 524 g/mol. The molecule has 0 unspecified atom stereocenters. The summed E-state index contributed by atoms with van der Waals surface area (Å²) in [6.45, 7) is 0. The van der Waals surface area contributed by atoms with Crippen molar-refractivity contribution in [2.45, 2.75) is 0 Å². The van der Waals surface area contributed by atoms with Crippen LogP contribution in [0.4, 0.5) is 0 Å². The van der Waals surface area contributed by atoms with Gasteiger partial charge < -0.3 is 10.3 Å². The molecule has 6 aromatic carbocycles. The van der Waals surface area contributed by atoms with Crippen molar-refractivity contribution < 1.29 is 0 Å². The van der Waals surface area contributed by atoms with Crippen molar-refractivity contribution in [1.82, 2.24) is 4.57 Å². The molecule has 0 radical (unpaired) electrons. The van der Waals surface area contributed by atoms with Gasteiger partial charge in [-0.25, -0.2) is 4.99 Å². The number of aromatic nitrogens is 1. The summed E-state index contributed by atoms with van der Waals surface area (Å²) in [5.74, 6) is 1.00. The molecule has 0 atom stereocenters. The van der Waals surface area contributed by atoms with Crippen molar-refractivity contribution in [3.63, 3.8) is 0 Å². The molecular formula is C39H30N4. The Morgan fingerprint density at radius 3 is 1.91 bits per heavy atom. The lowest BCUT2D eigenvalue weighted by Gasteiger charge is -2.12. The van der Waals surface area contributed by atoms with Crippen LogP contribution in [0, 0.1) is 0 Å². The van der Waals surface area contributed by atoms with E-state index in [0.717, 1.165) is 44.4 Å². The van der Waals surface area contributed by atoms with Gasteiger partial charge in [-0.1, -0.05) is 115 Å². The van der Waals surface area contributed by atoms with E-state index >= 15 is 0 Å². The van der Waals surface area contributed by atoms with Gasteiger partial charge in [-0.3, -0.25) is 4.99 Å². The van der Waals surface area contributed by atoms with E-state index in [2.05, 4.69) is 125 Å². The van der Waals surface area contributed by atoms with E-state index in [4.69, 9.17) is 10.7 Å². The van der Waals surface area contributed by atoms with Gasteiger partial charge in [-0.05, 0) is 58.7 Å². The van der Waals surface area contributed by atoms with E-state index in [9.17, 15) is 0 Å². The third kappa shape index (κ3) is 4.89. The number of aliphatic imine (C=N–C) groups is 2. The topological polar surface area (TPSA) is 55.7 Å². The molecule has 0 saturated carbocycles. The Balaban J connectivity index is 1.31. The summed E-state index contributed by atoms with van der Waals surface area (Å²) >= 11 is 0. The first-order chi connectivity index (χ1) is 21.2. The molecule has 0 spiro atoms. The Bertz CT molecular complexity index is 2140. The van der Waals surface area contributed by atoms with E-state index in [1.807, 2.05) is 36.4 Å². The first-order valence-corrected chi connectivity index (χ1v) is 14.4. The summed E-state index contributed by atoms with van der Waals surface area (Å²) in [6, 6.07) is 52.4. The van der Waals surface area contributed by atoms with Crippen LogP contribution in [0.3, 0.4) is 0 Å². The molecule has 0 aliphatic carbocycles. The first-order valence-electron chi connectivity index (χ1n) is 14.4. The predicted molar refractivity (Wildman–Crippen MR) is 181 cm³/mol. The monoisotopic (exact) mass is 554 g/mol. The Hall–Kier alpha value is -5.74. The molecule has 0 saturated heterocycles. The van der Waals surface area contributed by atoms with Gasteiger partial charge in [-0.2, -0.15) is 0 Å². The fraction of sp³-hybridized carbons (Fsp3) is 0.0256. The normalized spacial score (nSPS) is 12.2. The molecule has 7 aromatic rings. The molecule has 43 heavy (non-hydrogen) atoms. The standard InChI is InChI=1S/C39H30N4/c1-41-39(31-18-11-17-30(26-31)29-16-10-15-28(25-29)27-13-4-2-5-14-27)42-38(40)35-23-12-22-34-33-21-8-9-24-36(33)43(37(34)35)32-19-6-3-7-20-32/h2-26H,1H3,(H2,40,41,42). The zero-order chi connectivity index (χ0) is 29.2. The van der Waals surface area contributed by atoms with E-state index in [1.54, 1.807) is 7.05 Å². The van der Waals surface area contributed by atoms with Crippen LogP contribution in [-0.4, -0.2) is 23.3 Å². The van der Waals surface area contributed by atoms with Crippen LogP contribution in [0.15, 0.2) is 162 Å². The van der Waals surface area contributed by atoms with Crippen molar-refractivity contribution in [3.05, 3.63) is 163 Å². The Kier molecular flexibility index (Phi) is 6.86. The number of fused-ring (bicyclic) bond motifs is 3. The quantitative estimate of drug-likeness (QED) is 0.168. The molecule has 1 heterocycles. The van der Waals surface area contributed by atoms with E-state index < -0.39 is 0 Å². The maximum atomic E-state index is 6.83. The van der Waals surface area contributed by atoms with Gasteiger partial charge in [0.25, 0.3) is 0 Å². The fourth-order valence-electron chi connectivity index (χ4n) is 5.84. The van der Waals surface area contributed by atoms with Crippen LogP contribution in [0.5, 0.6) is 0 Å². The minimum absolute atomic E-state index is 0.419. The van der Waals surface area contributed by atoms with Gasteiger partial charge >= 0.3 is 0 Å². The summed E-state index contributed by atoms with van der Waals surface area (Å²) in [6.07, 6.45) is 0. The Morgan fingerprint density at radius 2 is 1.14 bits per heavy atom. The van der Waals surface area contributed by atoms with Crippen molar-refractivity contribution in [1.29, 1.82) is 0 Å². The number of hydrogen-bond acceptors (Lipinski definition) is 1. The molecule has 0 fully saturated rings. The molecule has 2 N–H and O–H groups in total. The Morgan fingerprint density at radius 1 is 0.558 bits per heavy atom. The lowest BCUT2D eigenvalue weighted by Crippen LogP contribution is -2.17. The lowest BCUT2D eigenvalue weighted by molar-refractivity contribution is 1.18. The minimum atomic E-state index is 0.419. The number of nitrogens with zero attached hydrogens (tertiary/aromatic N) is 3. The van der Waals surface area contributed by atoms with E-state index in [0.29, 0.717) is 11.7 Å². The highest BCUT2D eigenvalue weighted by Crippen LogP contribution is 2.34. The molecule has 4 nitrogen and oxygen atoms in total. The fourth-order valence-corrected chi connectivity index (χ4v) is 5.84. The second-order valence-electron chi connectivity index (χ2n) is 10.5. The third-order valence-corrected chi connectivity index (χ3v) is 7.85. The molecule has 7 rings (SSSR count). The summed E-state index contributed by atoms with van der Waals surface area (Å²) in [5, 5.41) is 2.30. The number of rotatable bonds is 5. The van der Waals surface area contributed by atoms with Crippen LogP contribution < -0.4 is 5.73 Å². The molecule has 0 aliphatic rings. The van der Waals surface area contributed by atoms with Gasteiger partial charge in [0.2, 0.25) is 0 Å². The first kappa shape index (κ1) is 26.2. The largest absolute Gasteiger partial charge is 0.383 e. The van der Waals surface area contributed by atoms with Crippen molar-refractivity contribution in [2.24, 2.45) is 15.7 Å². The number of hydrogen-bond donors (Lipinski definition) is 1. The maximum absolute atomic E-state index is 6.83. The smallest absolute Gasteiger partial charge is 0.156 e. The van der Waals surface area contributed by atoms with Crippen LogP contribution in [-0.2, 0) is 0 Å². The lowest BCUT2D eigenvalue weighted by atomic mass is 9.98. The van der Waals surface area contributed by atoms with Crippen molar-refractivity contribution in [3.8, 4) is 27.9 Å². The number of para-hydroxylation sites is 3. The van der Waals surface area contributed by atoms with Gasteiger partial charge in [-0.15, -0.1) is 0 Å². The van der Waals surface area contributed by atoms with E-state index in [1.165, 1.54) is 16.5 Å². The summed E-state index contributed by atoms with van der Waals surface area (Å²) < 4.78 is 2.27. The highest BCUT2D eigenvalue weighted by atomic mass is 15.0. The van der Waals surface area contributed by atoms with Gasteiger partial charge in [0.15, 0.2) is 5.84 Å². The van der Waals surface area contributed by atoms with Crippen LogP contribution in [0.1, 0.15) is 11.1 Å². The van der Waals surface area contributed by atoms with Crippen LogP contribution >= 0.6 is 0 Å². The molecule has 0 amide bonds. The second-order valence-corrected chi connectivity index (χ2v) is 10.5. The Labute approximate surface area is 251 Å². The molecule has 0 bridgehead atoms. The van der Waals surface area contributed by atoms with E-state index in [-0.39, 0.29) is 0 Å². The second kappa shape index (κ2) is 11.3. The maximum Gasteiger partial charge on any atom is 0.156 e. The zero-order valence-electron chi connectivity index (χ0n) is 23.9. The van der Waals surface area contributed by atoms with Gasteiger partial charge in [0.05, 0.1) is 11.0 Å². The van der Waals surface area contributed by atoms with Gasteiger partial charge in [0.1, 0.15) is 5.84 Å². The minimum Gasteiger partial charge on any atom is -0.383 e. The zero-order valence-corrected chi connectivity index (χ0v) is 23.9. The van der Waals surface area contributed by atoms with Crippen LogP contribution in [0.2, 0.25) is 0 Å². The summed E-state index contributed by atoms with van der Waals surface area (Å²) in [5.41, 5.74) is 16.4. The average Bonchev–Trinajstić information content (AvgIpc) is 3.42. The molecule has 4 heteroatoms. The van der Waals surface area contributed by atoms with Gasteiger partial charge in [0, 0.05) is 34.6 Å². The molecule has 0 aliphatic heterocycles. The van der Waals surface area contributed by atoms with Crippen molar-refractivity contribution >= 4 is 33.5 Å². The number of benzene rings is 6. The summed E-state index contributed by atoms with van der Waals surface area (Å²) in [4.78, 5) is 9.49. The molecule has 1 aromatic heterocycles. The molecule has 206 valence electrons. The highest BCUT2D eigenvalue weighted by Gasteiger charge is 2.17.